The number of anilines is 2. The van der Waals surface area contributed by atoms with Crippen molar-refractivity contribution in [2.75, 3.05) is 11.5 Å². The Labute approximate surface area is 69.1 Å². The van der Waals surface area contributed by atoms with Gasteiger partial charge in [-0.2, -0.15) is 0 Å². The van der Waals surface area contributed by atoms with E-state index in [0.717, 1.165) is 5.56 Å². The smallest absolute Gasteiger partial charge is 0.294 e. The molecule has 0 unspecified atom stereocenters. The molecule has 0 bridgehead atoms. The van der Waals surface area contributed by atoms with Gasteiger partial charge >= 0.3 is 0 Å². The van der Waals surface area contributed by atoms with Crippen molar-refractivity contribution in [3.8, 4) is 0 Å². The second kappa shape index (κ2) is 2.69. The zero-order chi connectivity index (χ0) is 9.30. The van der Waals surface area contributed by atoms with E-state index in [1.807, 2.05) is 0 Å². The largest absolute Gasteiger partial charge is 0.398 e. The molecule has 4 N–H and O–H groups in total. The fourth-order valence-corrected chi connectivity index (χ4v) is 0.893. The van der Waals surface area contributed by atoms with Crippen molar-refractivity contribution in [3.63, 3.8) is 0 Å². The number of rotatable bonds is 1. The van der Waals surface area contributed by atoms with Gasteiger partial charge in [-0.15, -0.1) is 0 Å². The van der Waals surface area contributed by atoms with Crippen molar-refractivity contribution >= 4 is 17.1 Å². The Morgan fingerprint density at radius 3 is 2.42 bits per heavy atom. The minimum absolute atomic E-state index is 0.141. The molecule has 5 heteroatoms. The number of nitrogens with zero attached hydrogens (tertiary/aromatic N) is 1. The third kappa shape index (κ3) is 1.29. The van der Waals surface area contributed by atoms with Crippen LogP contribution in [-0.2, 0) is 0 Å². The monoisotopic (exact) mass is 167 g/mol. The summed E-state index contributed by atoms with van der Waals surface area (Å²) in [6.45, 7) is 1.75. The van der Waals surface area contributed by atoms with Gasteiger partial charge in [0.1, 0.15) is 5.69 Å². The summed E-state index contributed by atoms with van der Waals surface area (Å²) in [4.78, 5) is 9.80. The maximum Gasteiger partial charge on any atom is 0.294 e. The maximum absolute atomic E-state index is 10.4. The summed E-state index contributed by atoms with van der Waals surface area (Å²) >= 11 is 0. The molecule has 0 atom stereocenters. The van der Waals surface area contributed by atoms with Gasteiger partial charge in [-0.05, 0) is 18.6 Å². The van der Waals surface area contributed by atoms with E-state index in [1.165, 1.54) is 12.1 Å². The molecule has 0 saturated heterocycles. The zero-order valence-corrected chi connectivity index (χ0v) is 6.57. The van der Waals surface area contributed by atoms with Crippen molar-refractivity contribution in [1.82, 2.24) is 0 Å². The molecule has 12 heavy (non-hydrogen) atoms. The van der Waals surface area contributed by atoms with Crippen LogP contribution in [0.15, 0.2) is 12.1 Å². The molecular weight excluding hydrogens is 158 g/mol. The van der Waals surface area contributed by atoms with Gasteiger partial charge < -0.3 is 11.5 Å². The van der Waals surface area contributed by atoms with E-state index in [4.69, 9.17) is 11.5 Å². The highest BCUT2D eigenvalue weighted by Gasteiger charge is 2.12. The summed E-state index contributed by atoms with van der Waals surface area (Å²) in [5.74, 6) is 0. The van der Waals surface area contributed by atoms with Crippen molar-refractivity contribution in [2.45, 2.75) is 6.92 Å². The fourth-order valence-electron chi connectivity index (χ4n) is 0.893. The topological polar surface area (TPSA) is 95.2 Å². The average Bonchev–Trinajstić information content (AvgIpc) is 1.96. The van der Waals surface area contributed by atoms with E-state index in [2.05, 4.69) is 0 Å². The molecular formula is C7H9N3O2. The molecule has 1 aromatic rings. The Balaban J connectivity index is 3.33. The first-order valence-corrected chi connectivity index (χ1v) is 3.32. The van der Waals surface area contributed by atoms with Crippen LogP contribution in [0.3, 0.4) is 0 Å². The SMILES string of the molecule is Cc1cc(N)c([N+](=O)[O-])cc1N. The highest BCUT2D eigenvalue weighted by atomic mass is 16.6. The van der Waals surface area contributed by atoms with Gasteiger partial charge in [-0.25, -0.2) is 0 Å². The number of nitro groups is 1. The second-order valence-corrected chi connectivity index (χ2v) is 2.52. The first kappa shape index (κ1) is 8.32. The van der Waals surface area contributed by atoms with Crippen LogP contribution in [0.25, 0.3) is 0 Å². The number of nitrogen functional groups attached to an aromatic ring is 2. The molecule has 0 aromatic heterocycles. The van der Waals surface area contributed by atoms with Crippen LogP contribution in [0.1, 0.15) is 5.56 Å². The molecule has 0 aliphatic carbocycles. The molecule has 0 aliphatic heterocycles. The minimum atomic E-state index is -0.550. The van der Waals surface area contributed by atoms with Gasteiger partial charge in [0.2, 0.25) is 0 Å². The maximum atomic E-state index is 10.4. The summed E-state index contributed by atoms with van der Waals surface area (Å²) in [6, 6.07) is 2.76. The average molecular weight is 167 g/mol. The van der Waals surface area contributed by atoms with Gasteiger partial charge in [-0.1, -0.05) is 0 Å². The summed E-state index contributed by atoms with van der Waals surface area (Å²) in [6.07, 6.45) is 0. The molecule has 0 radical (unpaired) electrons. The number of hydrogen-bond donors (Lipinski definition) is 2. The Morgan fingerprint density at radius 1 is 1.33 bits per heavy atom. The highest BCUT2D eigenvalue weighted by molar-refractivity contribution is 5.67. The number of nitro benzene ring substituents is 1. The number of nitrogens with two attached hydrogens (primary N) is 2. The molecule has 0 heterocycles. The van der Waals surface area contributed by atoms with E-state index in [0.29, 0.717) is 5.69 Å². The molecule has 1 aromatic carbocycles. The predicted octanol–water partition coefficient (Wildman–Crippen LogP) is 1.07. The Bertz CT molecular complexity index is 336. The molecule has 5 nitrogen and oxygen atoms in total. The normalized spacial score (nSPS) is 9.75. The summed E-state index contributed by atoms with van der Waals surface area (Å²) in [5.41, 5.74) is 12.0. The first-order valence-electron chi connectivity index (χ1n) is 3.32. The Kier molecular flexibility index (Phi) is 1.86. The highest BCUT2D eigenvalue weighted by Crippen LogP contribution is 2.26. The third-order valence-corrected chi connectivity index (χ3v) is 1.61. The van der Waals surface area contributed by atoms with Crippen LogP contribution < -0.4 is 11.5 Å². The van der Waals surface area contributed by atoms with E-state index in [-0.39, 0.29) is 11.4 Å². The van der Waals surface area contributed by atoms with Crippen LogP contribution >= 0.6 is 0 Å². The molecule has 0 spiro atoms. The summed E-state index contributed by atoms with van der Waals surface area (Å²) < 4.78 is 0. The number of aryl methyl sites for hydroxylation is 1. The van der Waals surface area contributed by atoms with Gasteiger partial charge in [0.25, 0.3) is 5.69 Å². The molecule has 0 saturated carbocycles. The van der Waals surface area contributed by atoms with Crippen LogP contribution in [0.4, 0.5) is 17.1 Å². The lowest BCUT2D eigenvalue weighted by Crippen LogP contribution is -1.99. The van der Waals surface area contributed by atoms with Crippen LogP contribution in [0.5, 0.6) is 0 Å². The minimum Gasteiger partial charge on any atom is -0.398 e. The quantitative estimate of drug-likeness (QED) is 0.371. The van der Waals surface area contributed by atoms with Crippen molar-refractivity contribution in [3.05, 3.63) is 27.8 Å². The van der Waals surface area contributed by atoms with E-state index < -0.39 is 4.92 Å². The van der Waals surface area contributed by atoms with Crippen LogP contribution in [0, 0.1) is 17.0 Å². The van der Waals surface area contributed by atoms with Crippen LogP contribution in [-0.4, -0.2) is 4.92 Å². The Hall–Kier alpha value is -1.78. The summed E-state index contributed by atoms with van der Waals surface area (Å²) in [5, 5.41) is 10.4. The van der Waals surface area contributed by atoms with Gasteiger partial charge in [0.05, 0.1) is 4.92 Å². The Morgan fingerprint density at radius 2 is 1.92 bits per heavy atom. The molecule has 64 valence electrons. The molecule has 0 aliphatic rings. The molecule has 0 fully saturated rings. The summed E-state index contributed by atoms with van der Waals surface area (Å²) in [7, 11) is 0. The lowest BCUT2D eigenvalue weighted by Gasteiger charge is -2.01. The lowest BCUT2D eigenvalue weighted by atomic mass is 10.1. The fraction of sp³-hybridized carbons (Fsp3) is 0.143. The van der Waals surface area contributed by atoms with Crippen LogP contribution in [0.2, 0.25) is 0 Å². The standard InChI is InChI=1S/C7H9N3O2/c1-4-2-6(9)7(10(11)12)3-5(4)8/h2-3H,8-9H2,1H3. The number of hydrogen-bond acceptors (Lipinski definition) is 4. The molecule has 1 rings (SSSR count). The van der Waals surface area contributed by atoms with E-state index >= 15 is 0 Å². The van der Waals surface area contributed by atoms with E-state index in [9.17, 15) is 10.1 Å². The van der Waals surface area contributed by atoms with Crippen molar-refractivity contribution < 1.29 is 4.92 Å². The van der Waals surface area contributed by atoms with Gasteiger partial charge in [-0.3, -0.25) is 10.1 Å². The zero-order valence-electron chi connectivity index (χ0n) is 6.57. The molecule has 0 amide bonds. The van der Waals surface area contributed by atoms with Crippen molar-refractivity contribution in [1.29, 1.82) is 0 Å². The number of benzene rings is 1. The second-order valence-electron chi connectivity index (χ2n) is 2.52. The van der Waals surface area contributed by atoms with Gasteiger partial charge in [0.15, 0.2) is 0 Å². The van der Waals surface area contributed by atoms with E-state index in [1.54, 1.807) is 6.92 Å². The predicted molar refractivity (Wildman–Crippen MR) is 46.7 cm³/mol. The lowest BCUT2D eigenvalue weighted by molar-refractivity contribution is -0.383. The van der Waals surface area contributed by atoms with Gasteiger partial charge in [0, 0.05) is 11.8 Å². The first-order chi connectivity index (χ1) is 5.52. The van der Waals surface area contributed by atoms with Crippen molar-refractivity contribution in [2.24, 2.45) is 0 Å². The third-order valence-electron chi connectivity index (χ3n) is 1.61.